The molecule has 1 saturated carbocycles. The predicted octanol–water partition coefficient (Wildman–Crippen LogP) is 3.20. The van der Waals surface area contributed by atoms with E-state index in [0.29, 0.717) is 5.92 Å². The molecular weight excluding hydrogens is 212 g/mol. The van der Waals surface area contributed by atoms with Crippen LogP contribution in [0.25, 0.3) is 0 Å². The maximum Gasteiger partial charge on any atom is 0.238 e. The van der Waals surface area contributed by atoms with Gasteiger partial charge in [0.15, 0.2) is 0 Å². The fourth-order valence-electron chi connectivity index (χ4n) is 2.37. The van der Waals surface area contributed by atoms with Gasteiger partial charge in [-0.2, -0.15) is 5.26 Å². The zero-order chi connectivity index (χ0) is 12.1. The van der Waals surface area contributed by atoms with Gasteiger partial charge in [-0.15, -0.1) is 0 Å². The first-order valence-electron chi connectivity index (χ1n) is 6.06. The summed E-state index contributed by atoms with van der Waals surface area (Å²) < 4.78 is 0. The molecule has 0 unspecified atom stereocenters. The van der Waals surface area contributed by atoms with E-state index in [9.17, 15) is 4.79 Å². The number of benzene rings is 1. The molecule has 17 heavy (non-hydrogen) atoms. The van der Waals surface area contributed by atoms with E-state index in [1.54, 1.807) is 0 Å². The minimum atomic E-state index is -0.249. The third-order valence-electron chi connectivity index (χ3n) is 3.26. The van der Waals surface area contributed by atoms with E-state index in [1.165, 1.54) is 31.2 Å². The van der Waals surface area contributed by atoms with Gasteiger partial charge in [0, 0.05) is 5.69 Å². The Balaban J connectivity index is 1.98. The van der Waals surface area contributed by atoms with Crippen LogP contribution in [0.15, 0.2) is 24.3 Å². The fourth-order valence-corrected chi connectivity index (χ4v) is 2.37. The number of nitrogens with zero attached hydrogens (tertiary/aromatic N) is 1. The molecule has 3 heteroatoms. The van der Waals surface area contributed by atoms with Crippen LogP contribution in [0.5, 0.6) is 0 Å². The van der Waals surface area contributed by atoms with E-state index in [0.717, 1.165) is 5.69 Å². The lowest BCUT2D eigenvalue weighted by atomic mass is 9.98. The van der Waals surface area contributed by atoms with Crippen LogP contribution < -0.4 is 5.32 Å². The highest BCUT2D eigenvalue weighted by molar-refractivity contribution is 5.91. The topological polar surface area (TPSA) is 52.9 Å². The molecule has 1 fully saturated rings. The average Bonchev–Trinajstić information content (AvgIpc) is 2.84. The van der Waals surface area contributed by atoms with E-state index in [4.69, 9.17) is 5.26 Å². The summed E-state index contributed by atoms with van der Waals surface area (Å²) in [6, 6.07) is 9.83. The number of amides is 1. The molecule has 0 heterocycles. The summed E-state index contributed by atoms with van der Waals surface area (Å²) in [4.78, 5) is 11.2. The molecule has 0 atom stereocenters. The molecule has 1 N–H and O–H groups in total. The fraction of sp³-hybridized carbons (Fsp3) is 0.429. The standard InChI is InChI=1S/C14H16N2O/c15-10-9-14(17)16-13-7-5-12(6-8-13)11-3-1-2-4-11/h5-8,11H,1-4,9H2,(H,16,17). The Hall–Kier alpha value is -1.82. The van der Waals surface area contributed by atoms with E-state index in [1.807, 2.05) is 18.2 Å². The number of carbonyl (C=O) groups excluding carboxylic acids is 1. The normalized spacial score (nSPS) is 15.5. The Kier molecular flexibility index (Phi) is 3.77. The Bertz CT molecular complexity index is 425. The third kappa shape index (κ3) is 3.07. The van der Waals surface area contributed by atoms with E-state index < -0.39 is 0 Å². The molecule has 0 aliphatic heterocycles. The number of nitriles is 1. The van der Waals surface area contributed by atoms with E-state index >= 15 is 0 Å². The van der Waals surface area contributed by atoms with Gasteiger partial charge in [0.05, 0.1) is 6.07 Å². The smallest absolute Gasteiger partial charge is 0.238 e. The van der Waals surface area contributed by atoms with E-state index in [-0.39, 0.29) is 12.3 Å². The molecule has 3 nitrogen and oxygen atoms in total. The molecule has 1 amide bonds. The molecule has 0 bridgehead atoms. The van der Waals surface area contributed by atoms with Crippen molar-refractivity contribution >= 4 is 11.6 Å². The molecule has 0 spiro atoms. The Morgan fingerprint density at radius 2 is 1.94 bits per heavy atom. The largest absolute Gasteiger partial charge is 0.325 e. The van der Waals surface area contributed by atoms with Crippen LogP contribution in [0.1, 0.15) is 43.6 Å². The van der Waals surface area contributed by atoms with Crippen LogP contribution >= 0.6 is 0 Å². The Labute approximate surface area is 101 Å². The van der Waals surface area contributed by atoms with Gasteiger partial charge in [-0.3, -0.25) is 4.79 Å². The van der Waals surface area contributed by atoms with Gasteiger partial charge in [-0.1, -0.05) is 25.0 Å². The van der Waals surface area contributed by atoms with Gasteiger partial charge >= 0.3 is 0 Å². The van der Waals surface area contributed by atoms with Crippen molar-refractivity contribution in [2.24, 2.45) is 0 Å². The molecule has 0 radical (unpaired) electrons. The maximum absolute atomic E-state index is 11.2. The van der Waals surface area contributed by atoms with Crippen molar-refractivity contribution in [3.63, 3.8) is 0 Å². The Morgan fingerprint density at radius 1 is 1.29 bits per heavy atom. The summed E-state index contributed by atoms with van der Waals surface area (Å²) in [5.41, 5.74) is 2.13. The van der Waals surface area contributed by atoms with Gasteiger partial charge in [0.2, 0.25) is 5.91 Å². The monoisotopic (exact) mass is 228 g/mol. The van der Waals surface area contributed by atoms with Gasteiger partial charge < -0.3 is 5.32 Å². The number of rotatable bonds is 3. The number of nitrogens with one attached hydrogen (secondary N) is 1. The first-order chi connectivity index (χ1) is 8.29. The van der Waals surface area contributed by atoms with Crippen molar-refractivity contribution in [3.8, 4) is 6.07 Å². The zero-order valence-electron chi connectivity index (χ0n) is 9.78. The molecular formula is C14H16N2O. The molecule has 1 aliphatic carbocycles. The zero-order valence-corrected chi connectivity index (χ0v) is 9.78. The van der Waals surface area contributed by atoms with Crippen LogP contribution in [-0.2, 0) is 4.79 Å². The minimum Gasteiger partial charge on any atom is -0.325 e. The van der Waals surface area contributed by atoms with Gasteiger partial charge in [0.1, 0.15) is 6.42 Å². The van der Waals surface area contributed by atoms with E-state index in [2.05, 4.69) is 17.4 Å². The van der Waals surface area contributed by atoms with Crippen molar-refractivity contribution in [1.29, 1.82) is 5.26 Å². The average molecular weight is 228 g/mol. The summed E-state index contributed by atoms with van der Waals surface area (Å²) in [7, 11) is 0. The molecule has 0 saturated heterocycles. The highest BCUT2D eigenvalue weighted by Crippen LogP contribution is 2.34. The van der Waals surface area contributed by atoms with Crippen molar-refractivity contribution in [2.45, 2.75) is 38.0 Å². The van der Waals surface area contributed by atoms with Crippen molar-refractivity contribution in [1.82, 2.24) is 0 Å². The molecule has 1 aromatic carbocycles. The maximum atomic E-state index is 11.2. The minimum absolute atomic E-state index is 0.0929. The second-order valence-corrected chi connectivity index (χ2v) is 4.49. The summed E-state index contributed by atoms with van der Waals surface area (Å²) in [6.07, 6.45) is 5.11. The SMILES string of the molecule is N#CCC(=O)Nc1ccc(C2CCCC2)cc1. The number of hydrogen-bond acceptors (Lipinski definition) is 2. The number of carbonyl (C=O) groups is 1. The van der Waals surface area contributed by atoms with Crippen molar-refractivity contribution < 1.29 is 4.79 Å². The first kappa shape index (κ1) is 11.7. The van der Waals surface area contributed by atoms with Crippen LogP contribution in [0, 0.1) is 11.3 Å². The number of hydrogen-bond donors (Lipinski definition) is 1. The van der Waals surface area contributed by atoms with Crippen molar-refractivity contribution in [3.05, 3.63) is 29.8 Å². The lowest BCUT2D eigenvalue weighted by molar-refractivity contribution is -0.115. The molecule has 88 valence electrons. The summed E-state index contributed by atoms with van der Waals surface area (Å²) >= 11 is 0. The van der Waals surface area contributed by atoms with Gasteiger partial charge in [-0.05, 0) is 36.5 Å². The summed E-state index contributed by atoms with van der Waals surface area (Å²) in [5, 5.41) is 11.1. The third-order valence-corrected chi connectivity index (χ3v) is 3.26. The molecule has 2 rings (SSSR count). The summed E-state index contributed by atoms with van der Waals surface area (Å²) in [5.74, 6) is 0.444. The highest BCUT2D eigenvalue weighted by atomic mass is 16.1. The molecule has 1 aromatic rings. The predicted molar refractivity (Wildman–Crippen MR) is 66.5 cm³/mol. The first-order valence-corrected chi connectivity index (χ1v) is 6.06. The molecule has 1 aliphatic rings. The number of anilines is 1. The van der Waals surface area contributed by atoms with Crippen LogP contribution in [-0.4, -0.2) is 5.91 Å². The Morgan fingerprint density at radius 3 is 2.53 bits per heavy atom. The highest BCUT2D eigenvalue weighted by Gasteiger charge is 2.16. The summed E-state index contributed by atoms with van der Waals surface area (Å²) in [6.45, 7) is 0. The lowest BCUT2D eigenvalue weighted by Crippen LogP contribution is -2.10. The second kappa shape index (κ2) is 5.49. The second-order valence-electron chi connectivity index (χ2n) is 4.49. The van der Waals surface area contributed by atoms with Crippen LogP contribution in [0.4, 0.5) is 5.69 Å². The van der Waals surface area contributed by atoms with Crippen molar-refractivity contribution in [2.75, 3.05) is 5.32 Å². The van der Waals surface area contributed by atoms with Crippen LogP contribution in [0.3, 0.4) is 0 Å². The van der Waals surface area contributed by atoms with Gasteiger partial charge in [-0.25, -0.2) is 0 Å². The van der Waals surface area contributed by atoms with Gasteiger partial charge in [0.25, 0.3) is 0 Å². The quantitative estimate of drug-likeness (QED) is 0.863. The molecule has 0 aromatic heterocycles. The van der Waals surface area contributed by atoms with Crippen LogP contribution in [0.2, 0.25) is 0 Å². The lowest BCUT2D eigenvalue weighted by Gasteiger charge is -2.10.